The number of hydrogen-bond acceptors (Lipinski definition) is 6. The smallest absolute Gasteiger partial charge is 0.276 e. The van der Waals surface area contributed by atoms with E-state index < -0.39 is 0 Å². The van der Waals surface area contributed by atoms with Gasteiger partial charge in [-0.3, -0.25) is 0 Å². The number of pyridine rings is 1. The van der Waals surface area contributed by atoms with Gasteiger partial charge < -0.3 is 14.6 Å². The summed E-state index contributed by atoms with van der Waals surface area (Å²) in [7, 11) is 0. The van der Waals surface area contributed by atoms with Gasteiger partial charge in [-0.2, -0.15) is 4.98 Å². The summed E-state index contributed by atoms with van der Waals surface area (Å²) in [5.41, 5.74) is 1.58. The quantitative estimate of drug-likeness (QED) is 0.774. The highest BCUT2D eigenvalue weighted by Crippen LogP contribution is 2.22. The molecule has 0 spiro atoms. The Hall–Kier alpha value is -2.31. The van der Waals surface area contributed by atoms with Crippen LogP contribution in [-0.4, -0.2) is 34.8 Å². The Morgan fingerprint density at radius 2 is 2.05 bits per heavy atom. The molecule has 1 N–H and O–H groups in total. The molecule has 1 aromatic carbocycles. The summed E-state index contributed by atoms with van der Waals surface area (Å²) >= 11 is 0. The lowest BCUT2D eigenvalue weighted by atomic mass is 10.2. The summed E-state index contributed by atoms with van der Waals surface area (Å²) in [5, 5.41) is 8.33. The van der Waals surface area contributed by atoms with E-state index in [2.05, 4.69) is 20.4 Å². The number of nitrogens with one attached hydrogen (secondary N) is 1. The van der Waals surface area contributed by atoms with Crippen molar-refractivity contribution in [2.45, 2.75) is 6.10 Å². The van der Waals surface area contributed by atoms with Gasteiger partial charge in [0.15, 0.2) is 0 Å². The van der Waals surface area contributed by atoms with E-state index in [-0.39, 0.29) is 6.10 Å². The molecule has 1 saturated heterocycles. The van der Waals surface area contributed by atoms with Gasteiger partial charge >= 0.3 is 0 Å². The molecule has 0 radical (unpaired) electrons. The van der Waals surface area contributed by atoms with Crippen molar-refractivity contribution in [1.82, 2.24) is 20.4 Å². The molecular formula is C15H14N4O2. The van der Waals surface area contributed by atoms with E-state index >= 15 is 0 Å². The first-order chi connectivity index (χ1) is 10.4. The van der Waals surface area contributed by atoms with Crippen LogP contribution in [0.2, 0.25) is 0 Å². The van der Waals surface area contributed by atoms with Crippen molar-refractivity contribution in [1.29, 1.82) is 0 Å². The lowest BCUT2D eigenvalue weighted by Crippen LogP contribution is -2.33. The number of fused-ring (bicyclic) bond motifs is 1. The topological polar surface area (TPSA) is 73.1 Å². The second-order valence-corrected chi connectivity index (χ2v) is 4.91. The van der Waals surface area contributed by atoms with Crippen LogP contribution in [-0.2, 0) is 4.74 Å². The zero-order chi connectivity index (χ0) is 14.1. The molecular weight excluding hydrogens is 268 g/mol. The molecule has 106 valence electrons. The second kappa shape index (κ2) is 5.23. The second-order valence-electron chi connectivity index (χ2n) is 4.91. The maximum Gasteiger partial charge on any atom is 0.276 e. The van der Waals surface area contributed by atoms with Crippen LogP contribution >= 0.6 is 0 Å². The predicted octanol–water partition coefficient (Wildman–Crippen LogP) is 1.95. The Morgan fingerprint density at radius 3 is 2.95 bits per heavy atom. The average Bonchev–Trinajstić information content (AvgIpc) is 3.05. The van der Waals surface area contributed by atoms with E-state index in [9.17, 15) is 0 Å². The molecule has 1 fully saturated rings. The van der Waals surface area contributed by atoms with Crippen LogP contribution in [0.4, 0.5) is 0 Å². The molecule has 6 nitrogen and oxygen atoms in total. The van der Waals surface area contributed by atoms with Crippen LogP contribution in [0.15, 0.2) is 40.9 Å². The number of aromatic nitrogens is 3. The van der Waals surface area contributed by atoms with Crippen molar-refractivity contribution in [3.8, 4) is 11.6 Å². The minimum atomic E-state index is -0.156. The first-order valence-corrected chi connectivity index (χ1v) is 6.92. The van der Waals surface area contributed by atoms with Crippen molar-refractivity contribution in [2.75, 3.05) is 19.7 Å². The molecule has 21 heavy (non-hydrogen) atoms. The Morgan fingerprint density at radius 1 is 1.10 bits per heavy atom. The van der Waals surface area contributed by atoms with Crippen molar-refractivity contribution >= 4 is 10.9 Å². The lowest BCUT2D eigenvalue weighted by Gasteiger charge is -2.20. The van der Waals surface area contributed by atoms with Crippen molar-refractivity contribution in [3.63, 3.8) is 0 Å². The summed E-state index contributed by atoms with van der Waals surface area (Å²) in [6.45, 7) is 2.21. The molecule has 6 heteroatoms. The molecule has 1 aliphatic rings. The Bertz CT molecular complexity index is 765. The molecule has 0 bridgehead atoms. The van der Waals surface area contributed by atoms with E-state index in [1.807, 2.05) is 36.4 Å². The largest absolute Gasteiger partial charge is 0.367 e. The number of rotatable bonds is 2. The number of benzene rings is 1. The summed E-state index contributed by atoms with van der Waals surface area (Å²) in [6, 6.07) is 11.8. The van der Waals surface area contributed by atoms with Gasteiger partial charge in [0.2, 0.25) is 5.82 Å². The van der Waals surface area contributed by atoms with Crippen LogP contribution in [0.3, 0.4) is 0 Å². The molecule has 3 heterocycles. The SMILES string of the molecule is c1ccc2nc(-c3nc(C4CNCCO4)no3)ccc2c1. The average molecular weight is 282 g/mol. The Balaban J connectivity index is 1.67. The van der Waals surface area contributed by atoms with Gasteiger partial charge in [0.1, 0.15) is 11.8 Å². The highest BCUT2D eigenvalue weighted by molar-refractivity contribution is 5.80. The number of nitrogens with zero attached hydrogens (tertiary/aromatic N) is 3. The standard InChI is InChI=1S/C15H14N4O2/c1-2-4-11-10(3-1)5-6-12(17-11)15-18-14(19-21-15)13-9-16-7-8-20-13/h1-6,13,16H,7-9H2. The van der Waals surface area contributed by atoms with Gasteiger partial charge in [-0.05, 0) is 12.1 Å². The van der Waals surface area contributed by atoms with E-state index in [0.717, 1.165) is 17.4 Å². The number of morpholine rings is 1. The van der Waals surface area contributed by atoms with Crippen LogP contribution in [0.1, 0.15) is 11.9 Å². The monoisotopic (exact) mass is 282 g/mol. The third-order valence-electron chi connectivity index (χ3n) is 3.47. The fourth-order valence-electron chi connectivity index (χ4n) is 2.39. The van der Waals surface area contributed by atoms with E-state index in [0.29, 0.717) is 30.6 Å². The third kappa shape index (κ3) is 2.39. The molecule has 1 unspecified atom stereocenters. The van der Waals surface area contributed by atoms with Gasteiger partial charge in [-0.1, -0.05) is 29.4 Å². The highest BCUT2D eigenvalue weighted by Gasteiger charge is 2.22. The van der Waals surface area contributed by atoms with Crippen molar-refractivity contribution in [2.24, 2.45) is 0 Å². The number of hydrogen-bond donors (Lipinski definition) is 1. The molecule has 0 aliphatic carbocycles. The summed E-state index contributed by atoms with van der Waals surface area (Å²) < 4.78 is 10.9. The maximum absolute atomic E-state index is 5.62. The number of ether oxygens (including phenoxy) is 1. The van der Waals surface area contributed by atoms with Gasteiger partial charge in [-0.25, -0.2) is 4.98 Å². The molecule has 0 amide bonds. The molecule has 4 rings (SSSR count). The van der Waals surface area contributed by atoms with Crippen molar-refractivity contribution < 1.29 is 9.26 Å². The minimum absolute atomic E-state index is 0.156. The first-order valence-electron chi connectivity index (χ1n) is 6.92. The zero-order valence-corrected chi connectivity index (χ0v) is 11.3. The molecule has 0 saturated carbocycles. The minimum Gasteiger partial charge on any atom is -0.367 e. The van der Waals surface area contributed by atoms with Crippen LogP contribution in [0.25, 0.3) is 22.5 Å². The zero-order valence-electron chi connectivity index (χ0n) is 11.3. The summed E-state index contributed by atoms with van der Waals surface area (Å²) in [5.74, 6) is 0.983. The molecule has 3 aromatic rings. The Labute approximate surface area is 121 Å². The van der Waals surface area contributed by atoms with Gasteiger partial charge in [0.05, 0.1) is 12.1 Å². The van der Waals surface area contributed by atoms with Gasteiger partial charge in [0.25, 0.3) is 5.89 Å². The molecule has 1 aliphatic heterocycles. The summed E-state index contributed by atoms with van der Waals surface area (Å²) in [6.07, 6.45) is -0.156. The van der Waals surface area contributed by atoms with Crippen molar-refractivity contribution in [3.05, 3.63) is 42.2 Å². The fraction of sp³-hybridized carbons (Fsp3) is 0.267. The van der Waals surface area contributed by atoms with Gasteiger partial charge in [-0.15, -0.1) is 0 Å². The fourth-order valence-corrected chi connectivity index (χ4v) is 2.39. The van der Waals surface area contributed by atoms with Crippen LogP contribution < -0.4 is 5.32 Å². The van der Waals surface area contributed by atoms with E-state index in [4.69, 9.17) is 9.26 Å². The maximum atomic E-state index is 5.62. The highest BCUT2D eigenvalue weighted by atomic mass is 16.5. The van der Waals surface area contributed by atoms with Crippen LogP contribution in [0, 0.1) is 0 Å². The van der Waals surface area contributed by atoms with E-state index in [1.165, 1.54) is 0 Å². The predicted molar refractivity (Wildman–Crippen MR) is 76.6 cm³/mol. The lowest BCUT2D eigenvalue weighted by molar-refractivity contribution is 0.0208. The van der Waals surface area contributed by atoms with E-state index in [1.54, 1.807) is 0 Å². The summed E-state index contributed by atoms with van der Waals surface area (Å²) in [4.78, 5) is 8.96. The first kappa shape index (κ1) is 12.4. The molecule has 2 aromatic heterocycles. The third-order valence-corrected chi connectivity index (χ3v) is 3.47. The Kier molecular flexibility index (Phi) is 3.10. The van der Waals surface area contributed by atoms with Gasteiger partial charge in [0, 0.05) is 18.5 Å². The number of para-hydroxylation sites is 1. The molecule has 1 atom stereocenters. The van der Waals surface area contributed by atoms with Crippen LogP contribution in [0.5, 0.6) is 0 Å². The normalized spacial score (nSPS) is 19.0.